The summed E-state index contributed by atoms with van der Waals surface area (Å²) in [7, 11) is -0.681. The minimum absolute atomic E-state index is 0.252. The predicted molar refractivity (Wildman–Crippen MR) is 62.6 cm³/mol. The third-order valence-corrected chi connectivity index (χ3v) is 4.09. The van der Waals surface area contributed by atoms with Crippen LogP contribution in [0.2, 0.25) is 0 Å². The Balaban J connectivity index is 1.98. The van der Waals surface area contributed by atoms with Gasteiger partial charge in [0.15, 0.2) is 11.6 Å². The Labute approximate surface area is 96.1 Å². The number of anilines is 1. The van der Waals surface area contributed by atoms with Crippen molar-refractivity contribution in [3.63, 3.8) is 0 Å². The molecule has 16 heavy (non-hydrogen) atoms. The van der Waals surface area contributed by atoms with Crippen molar-refractivity contribution in [3.05, 3.63) is 24.0 Å². The van der Waals surface area contributed by atoms with Crippen LogP contribution in [0.15, 0.2) is 18.2 Å². The summed E-state index contributed by atoms with van der Waals surface area (Å²) in [5, 5.41) is 12.2. The molecule has 5 heteroatoms. The van der Waals surface area contributed by atoms with Crippen molar-refractivity contribution < 1.29 is 13.7 Å². The largest absolute Gasteiger partial charge is 0.505 e. The number of rotatable bonds is 2. The average Bonchev–Trinajstić information content (AvgIpc) is 2.27. The van der Waals surface area contributed by atoms with Crippen molar-refractivity contribution in [2.75, 3.05) is 16.8 Å². The van der Waals surface area contributed by atoms with Crippen LogP contribution < -0.4 is 5.32 Å². The molecule has 1 aliphatic heterocycles. The van der Waals surface area contributed by atoms with Gasteiger partial charge in [0.05, 0.1) is 0 Å². The van der Waals surface area contributed by atoms with E-state index in [1.165, 1.54) is 12.1 Å². The number of aromatic hydroxyl groups is 1. The van der Waals surface area contributed by atoms with Crippen LogP contribution >= 0.6 is 0 Å². The standard InChI is InChI=1S/C11H14FNO2S/c12-10-7-9(1-2-11(10)14)13-8-3-5-16(15)6-4-8/h1-2,7-8,13-14H,3-6H2. The molecule has 0 aliphatic carbocycles. The number of nitrogens with one attached hydrogen (secondary N) is 1. The van der Waals surface area contributed by atoms with Crippen LogP contribution in [0.25, 0.3) is 0 Å². The highest BCUT2D eigenvalue weighted by Crippen LogP contribution is 2.22. The molecular weight excluding hydrogens is 229 g/mol. The van der Waals surface area contributed by atoms with Gasteiger partial charge in [-0.2, -0.15) is 0 Å². The molecule has 0 saturated carbocycles. The highest BCUT2D eigenvalue weighted by Gasteiger charge is 2.17. The van der Waals surface area contributed by atoms with E-state index in [0.717, 1.165) is 12.8 Å². The normalized spacial score (nSPS) is 25.3. The summed E-state index contributed by atoms with van der Waals surface area (Å²) in [4.78, 5) is 0. The monoisotopic (exact) mass is 243 g/mol. The average molecular weight is 243 g/mol. The highest BCUT2D eigenvalue weighted by molar-refractivity contribution is 7.85. The highest BCUT2D eigenvalue weighted by atomic mass is 32.2. The molecule has 3 nitrogen and oxygen atoms in total. The van der Waals surface area contributed by atoms with E-state index in [1.807, 2.05) is 0 Å². The van der Waals surface area contributed by atoms with Gasteiger partial charge in [0, 0.05) is 40.1 Å². The van der Waals surface area contributed by atoms with Crippen molar-refractivity contribution in [1.82, 2.24) is 0 Å². The molecule has 1 aliphatic rings. The first-order valence-electron chi connectivity index (χ1n) is 5.25. The van der Waals surface area contributed by atoms with Crippen molar-refractivity contribution in [1.29, 1.82) is 0 Å². The fourth-order valence-corrected chi connectivity index (χ4v) is 3.07. The minimum atomic E-state index is -0.681. The quantitative estimate of drug-likeness (QED) is 0.779. The molecule has 2 rings (SSSR count). The van der Waals surface area contributed by atoms with Crippen LogP contribution in [0.1, 0.15) is 12.8 Å². The first-order chi connectivity index (χ1) is 7.65. The summed E-state index contributed by atoms with van der Waals surface area (Å²) in [5.74, 6) is 0.455. The molecular formula is C11H14FNO2S. The van der Waals surface area contributed by atoms with Crippen LogP contribution in [0.3, 0.4) is 0 Å². The Hall–Kier alpha value is -1.10. The molecule has 1 fully saturated rings. The van der Waals surface area contributed by atoms with Gasteiger partial charge in [-0.15, -0.1) is 0 Å². The van der Waals surface area contributed by atoms with Gasteiger partial charge in [0.2, 0.25) is 0 Å². The number of halogens is 1. The zero-order valence-electron chi connectivity index (χ0n) is 8.78. The topological polar surface area (TPSA) is 49.3 Å². The third kappa shape index (κ3) is 2.72. The molecule has 0 amide bonds. The summed E-state index contributed by atoms with van der Waals surface area (Å²) in [6.07, 6.45) is 1.68. The molecule has 1 saturated heterocycles. The second-order valence-corrected chi connectivity index (χ2v) is 5.63. The van der Waals surface area contributed by atoms with Gasteiger partial charge in [-0.05, 0) is 25.0 Å². The smallest absolute Gasteiger partial charge is 0.166 e. The van der Waals surface area contributed by atoms with E-state index in [1.54, 1.807) is 6.07 Å². The Morgan fingerprint density at radius 3 is 2.69 bits per heavy atom. The molecule has 1 heterocycles. The van der Waals surface area contributed by atoms with Crippen LogP contribution in [0.4, 0.5) is 10.1 Å². The second kappa shape index (κ2) is 4.82. The molecule has 88 valence electrons. The number of phenolic OH excluding ortho intramolecular Hbond substituents is 1. The molecule has 1 aromatic rings. The van der Waals surface area contributed by atoms with E-state index in [-0.39, 0.29) is 11.8 Å². The van der Waals surface area contributed by atoms with E-state index in [2.05, 4.69) is 5.32 Å². The maximum absolute atomic E-state index is 13.1. The molecule has 2 N–H and O–H groups in total. The summed E-state index contributed by atoms with van der Waals surface area (Å²) in [6, 6.07) is 4.51. The fraction of sp³-hybridized carbons (Fsp3) is 0.455. The number of hydrogen-bond acceptors (Lipinski definition) is 3. The lowest BCUT2D eigenvalue weighted by Crippen LogP contribution is -2.29. The van der Waals surface area contributed by atoms with E-state index in [9.17, 15) is 8.60 Å². The lowest BCUT2D eigenvalue weighted by atomic mass is 10.1. The van der Waals surface area contributed by atoms with E-state index in [4.69, 9.17) is 5.11 Å². The number of hydrogen-bond donors (Lipinski definition) is 2. The number of benzene rings is 1. The molecule has 0 unspecified atom stereocenters. The SMILES string of the molecule is O=S1CCC(Nc2ccc(O)c(F)c2)CC1. The van der Waals surface area contributed by atoms with Gasteiger partial charge in [-0.1, -0.05) is 0 Å². The predicted octanol–water partition coefficient (Wildman–Crippen LogP) is 1.85. The first-order valence-corrected chi connectivity index (χ1v) is 6.74. The second-order valence-electron chi connectivity index (χ2n) is 3.93. The Morgan fingerprint density at radius 1 is 1.38 bits per heavy atom. The molecule has 0 radical (unpaired) electrons. The van der Waals surface area contributed by atoms with Gasteiger partial charge in [0.25, 0.3) is 0 Å². The van der Waals surface area contributed by atoms with Gasteiger partial charge >= 0.3 is 0 Å². The van der Waals surface area contributed by atoms with Crippen molar-refractivity contribution >= 4 is 16.5 Å². The third-order valence-electron chi connectivity index (χ3n) is 2.71. The van der Waals surface area contributed by atoms with E-state index in [0.29, 0.717) is 17.2 Å². The Kier molecular flexibility index (Phi) is 3.43. The summed E-state index contributed by atoms with van der Waals surface area (Å²) < 4.78 is 24.2. The Morgan fingerprint density at radius 2 is 2.06 bits per heavy atom. The summed E-state index contributed by atoms with van der Waals surface area (Å²) in [6.45, 7) is 0. The maximum Gasteiger partial charge on any atom is 0.166 e. The lowest BCUT2D eigenvalue weighted by molar-refractivity contribution is 0.432. The first kappa shape index (κ1) is 11.4. The minimum Gasteiger partial charge on any atom is -0.505 e. The van der Waals surface area contributed by atoms with Gasteiger partial charge in [0.1, 0.15) is 0 Å². The van der Waals surface area contributed by atoms with Crippen LogP contribution in [-0.4, -0.2) is 26.9 Å². The zero-order valence-corrected chi connectivity index (χ0v) is 9.60. The summed E-state index contributed by atoms with van der Waals surface area (Å²) >= 11 is 0. The molecule has 0 aromatic heterocycles. The zero-order chi connectivity index (χ0) is 11.5. The van der Waals surface area contributed by atoms with Gasteiger partial charge in [-0.3, -0.25) is 4.21 Å². The van der Waals surface area contributed by atoms with Crippen molar-refractivity contribution in [2.45, 2.75) is 18.9 Å². The van der Waals surface area contributed by atoms with Crippen LogP contribution in [0.5, 0.6) is 5.75 Å². The number of phenols is 1. The molecule has 0 atom stereocenters. The van der Waals surface area contributed by atoms with Crippen molar-refractivity contribution in [2.24, 2.45) is 0 Å². The fourth-order valence-electron chi connectivity index (χ4n) is 1.77. The molecule has 0 spiro atoms. The van der Waals surface area contributed by atoms with Crippen molar-refractivity contribution in [3.8, 4) is 5.75 Å². The molecule has 1 aromatic carbocycles. The Bertz CT molecular complexity index is 401. The lowest BCUT2D eigenvalue weighted by Gasteiger charge is -2.23. The van der Waals surface area contributed by atoms with E-state index < -0.39 is 16.6 Å². The van der Waals surface area contributed by atoms with Gasteiger partial charge < -0.3 is 10.4 Å². The van der Waals surface area contributed by atoms with Gasteiger partial charge in [-0.25, -0.2) is 4.39 Å². The summed E-state index contributed by atoms with van der Waals surface area (Å²) in [5.41, 5.74) is 0.660. The van der Waals surface area contributed by atoms with E-state index >= 15 is 0 Å². The van der Waals surface area contributed by atoms with Crippen LogP contribution in [-0.2, 0) is 10.8 Å². The maximum atomic E-state index is 13.1. The van der Waals surface area contributed by atoms with Crippen LogP contribution in [0, 0.1) is 5.82 Å². The molecule has 0 bridgehead atoms.